The summed E-state index contributed by atoms with van der Waals surface area (Å²) in [5.74, 6) is 0.328. The number of hydrogen-bond acceptors (Lipinski definition) is 4. The first-order valence-corrected chi connectivity index (χ1v) is 12.7. The third-order valence-electron chi connectivity index (χ3n) is 5.36. The van der Waals surface area contributed by atoms with Crippen molar-refractivity contribution < 1.29 is 13.2 Å². The highest BCUT2D eigenvalue weighted by Gasteiger charge is 2.24. The van der Waals surface area contributed by atoms with E-state index >= 15 is 0 Å². The molecule has 10 heteroatoms. The fourth-order valence-electron chi connectivity index (χ4n) is 3.45. The first-order chi connectivity index (χ1) is 16.2. The molecule has 0 spiro atoms. The molecule has 34 heavy (non-hydrogen) atoms. The van der Waals surface area contributed by atoms with E-state index < -0.39 is 10.0 Å². The molecule has 8 nitrogen and oxygen atoms in total. The summed E-state index contributed by atoms with van der Waals surface area (Å²) < 4.78 is 31.9. The van der Waals surface area contributed by atoms with Crippen LogP contribution < -0.4 is 5.32 Å². The fourth-order valence-corrected chi connectivity index (χ4v) is 4.82. The van der Waals surface area contributed by atoms with Crippen LogP contribution >= 0.6 is 11.6 Å². The maximum absolute atomic E-state index is 13.1. The van der Waals surface area contributed by atoms with Gasteiger partial charge in [-0.2, -0.15) is 13.5 Å². The summed E-state index contributed by atoms with van der Waals surface area (Å²) in [6, 6.07) is 11.9. The smallest absolute Gasteiger partial charge is 0.284 e. The number of anilines is 1. The third kappa shape index (κ3) is 6.03. The highest BCUT2D eigenvalue weighted by atomic mass is 35.5. The van der Waals surface area contributed by atoms with Crippen LogP contribution in [0.1, 0.15) is 18.4 Å². The Morgan fingerprint density at radius 2 is 2.03 bits per heavy atom. The molecule has 1 aliphatic carbocycles. The van der Waals surface area contributed by atoms with Crippen molar-refractivity contribution in [3.63, 3.8) is 0 Å². The molecule has 1 aromatic heterocycles. The average Bonchev–Trinajstić information content (AvgIpc) is 3.48. The fraction of sp³-hybridized carbons (Fsp3) is 0.292. The molecule has 0 saturated heterocycles. The molecule has 2 aromatic carbocycles. The van der Waals surface area contributed by atoms with Crippen molar-refractivity contribution in [2.45, 2.75) is 30.7 Å². The SMILES string of the molecule is CN(C)/C=N/S(=O)(=O)c1cc(NC(=O)Cc2ccccc2Cl)ccc1-c1cnn(CC2CC2)c1. The van der Waals surface area contributed by atoms with Crippen LogP contribution in [0, 0.1) is 5.92 Å². The van der Waals surface area contributed by atoms with E-state index in [1.54, 1.807) is 61.6 Å². The average molecular weight is 500 g/mol. The van der Waals surface area contributed by atoms with Gasteiger partial charge < -0.3 is 10.2 Å². The number of rotatable bonds is 9. The molecule has 3 aromatic rings. The van der Waals surface area contributed by atoms with E-state index in [2.05, 4.69) is 14.8 Å². The standard InChI is InChI=1S/C24H26ClN5O3S/c1-29(2)16-27-34(32,33)23-12-20(28-24(31)11-18-5-3-4-6-22(18)25)9-10-21(23)19-13-26-30(15-19)14-17-7-8-17/h3-6,9-10,12-13,15-17H,7-8,11,14H2,1-2H3,(H,28,31)/b27-16+. The highest BCUT2D eigenvalue weighted by Crippen LogP contribution is 2.33. The summed E-state index contributed by atoms with van der Waals surface area (Å²) in [6.45, 7) is 0.817. The quantitative estimate of drug-likeness (QED) is 0.353. The summed E-state index contributed by atoms with van der Waals surface area (Å²) in [5.41, 5.74) is 2.19. The van der Waals surface area contributed by atoms with E-state index in [0.717, 1.165) is 6.54 Å². The number of hydrogen-bond donors (Lipinski definition) is 1. The molecule has 0 atom stereocenters. The lowest BCUT2D eigenvalue weighted by atomic mass is 10.1. The van der Waals surface area contributed by atoms with Gasteiger partial charge in [-0.1, -0.05) is 35.9 Å². The van der Waals surface area contributed by atoms with Crippen LogP contribution in [0.25, 0.3) is 11.1 Å². The maximum Gasteiger partial charge on any atom is 0.284 e. The van der Waals surface area contributed by atoms with Crippen LogP contribution in [0.15, 0.2) is 64.2 Å². The number of nitrogens with one attached hydrogen (secondary N) is 1. The molecule has 0 bridgehead atoms. The van der Waals surface area contributed by atoms with Gasteiger partial charge in [-0.15, -0.1) is 4.40 Å². The number of amides is 1. The maximum atomic E-state index is 13.1. The molecule has 0 unspecified atom stereocenters. The minimum atomic E-state index is -4.04. The minimum absolute atomic E-state index is 0.00730. The number of carbonyl (C=O) groups is 1. The molecule has 0 radical (unpaired) electrons. The molecule has 0 aliphatic heterocycles. The van der Waals surface area contributed by atoms with Crippen molar-refractivity contribution in [3.8, 4) is 11.1 Å². The Morgan fingerprint density at radius 3 is 2.74 bits per heavy atom. The summed E-state index contributed by atoms with van der Waals surface area (Å²) in [5, 5.41) is 7.65. The second-order valence-electron chi connectivity index (χ2n) is 8.58. The molecular weight excluding hydrogens is 474 g/mol. The largest absolute Gasteiger partial charge is 0.368 e. The molecule has 1 fully saturated rings. The number of carbonyl (C=O) groups excluding carboxylic acids is 1. The van der Waals surface area contributed by atoms with E-state index in [4.69, 9.17) is 11.6 Å². The molecule has 1 N–H and O–H groups in total. The monoisotopic (exact) mass is 499 g/mol. The van der Waals surface area contributed by atoms with Gasteiger partial charge in [0.15, 0.2) is 0 Å². The Kier molecular flexibility index (Phi) is 7.04. The van der Waals surface area contributed by atoms with E-state index in [9.17, 15) is 13.2 Å². The van der Waals surface area contributed by atoms with E-state index in [-0.39, 0.29) is 17.2 Å². The zero-order valence-electron chi connectivity index (χ0n) is 19.0. The zero-order valence-corrected chi connectivity index (χ0v) is 20.6. The van der Waals surface area contributed by atoms with Crippen molar-refractivity contribution >= 4 is 39.6 Å². The molecule has 1 aliphatic rings. The Morgan fingerprint density at radius 1 is 1.26 bits per heavy atom. The van der Waals surface area contributed by atoms with Gasteiger partial charge in [0.1, 0.15) is 6.34 Å². The molecule has 1 amide bonds. The van der Waals surface area contributed by atoms with Crippen molar-refractivity contribution in [2.75, 3.05) is 19.4 Å². The van der Waals surface area contributed by atoms with Crippen molar-refractivity contribution in [3.05, 3.63) is 65.4 Å². The Balaban J connectivity index is 1.64. The summed E-state index contributed by atoms with van der Waals surface area (Å²) >= 11 is 6.16. The number of aromatic nitrogens is 2. The Labute approximate surface area is 204 Å². The lowest BCUT2D eigenvalue weighted by Gasteiger charge is -2.12. The van der Waals surface area contributed by atoms with Crippen LogP contribution in [0.4, 0.5) is 5.69 Å². The van der Waals surface area contributed by atoms with Crippen molar-refractivity contribution in [2.24, 2.45) is 10.3 Å². The highest BCUT2D eigenvalue weighted by molar-refractivity contribution is 7.90. The number of nitrogens with zero attached hydrogens (tertiary/aromatic N) is 4. The summed E-state index contributed by atoms with van der Waals surface area (Å²) in [7, 11) is -0.666. The van der Waals surface area contributed by atoms with Gasteiger partial charge in [0.05, 0.1) is 17.5 Å². The van der Waals surface area contributed by atoms with Gasteiger partial charge in [0, 0.05) is 48.7 Å². The normalized spacial score (nSPS) is 13.9. The lowest BCUT2D eigenvalue weighted by molar-refractivity contribution is -0.115. The topological polar surface area (TPSA) is 96.7 Å². The molecule has 1 saturated carbocycles. The van der Waals surface area contributed by atoms with E-state index in [1.165, 1.54) is 25.2 Å². The van der Waals surface area contributed by atoms with Crippen LogP contribution in [0.5, 0.6) is 0 Å². The first kappa shape index (κ1) is 24.0. The number of halogens is 1. The molecule has 1 heterocycles. The third-order valence-corrected chi connectivity index (χ3v) is 6.99. The predicted molar refractivity (Wildman–Crippen MR) is 134 cm³/mol. The van der Waals surface area contributed by atoms with Gasteiger partial charge >= 0.3 is 0 Å². The van der Waals surface area contributed by atoms with Gasteiger partial charge in [0.25, 0.3) is 10.0 Å². The van der Waals surface area contributed by atoms with E-state index in [0.29, 0.717) is 33.3 Å². The van der Waals surface area contributed by atoms with Crippen molar-refractivity contribution in [1.82, 2.24) is 14.7 Å². The Bertz CT molecular complexity index is 1330. The first-order valence-electron chi connectivity index (χ1n) is 10.9. The number of sulfonamides is 1. The summed E-state index contributed by atoms with van der Waals surface area (Å²) in [4.78, 5) is 14.1. The van der Waals surface area contributed by atoms with Crippen LogP contribution in [0.2, 0.25) is 5.02 Å². The van der Waals surface area contributed by atoms with E-state index in [1.807, 2.05) is 10.9 Å². The molecule has 4 rings (SSSR count). The van der Waals surface area contributed by atoms with Crippen LogP contribution in [0.3, 0.4) is 0 Å². The second kappa shape index (κ2) is 9.99. The molecular formula is C24H26ClN5O3S. The van der Waals surface area contributed by atoms with Gasteiger partial charge in [0.2, 0.25) is 5.91 Å². The van der Waals surface area contributed by atoms with Crippen LogP contribution in [-0.4, -0.2) is 49.4 Å². The second-order valence-corrected chi connectivity index (χ2v) is 10.6. The predicted octanol–water partition coefficient (Wildman–Crippen LogP) is 4.07. The Hall–Kier alpha value is -3.17. The zero-order chi connectivity index (χ0) is 24.3. The minimum Gasteiger partial charge on any atom is -0.368 e. The van der Waals surface area contributed by atoms with Gasteiger partial charge in [-0.05, 0) is 42.5 Å². The summed E-state index contributed by atoms with van der Waals surface area (Å²) in [6.07, 6.45) is 7.18. The van der Waals surface area contributed by atoms with Crippen LogP contribution in [-0.2, 0) is 27.8 Å². The van der Waals surface area contributed by atoms with Crippen molar-refractivity contribution in [1.29, 1.82) is 0 Å². The molecule has 178 valence electrons. The lowest BCUT2D eigenvalue weighted by Crippen LogP contribution is -2.15. The van der Waals surface area contributed by atoms with Gasteiger partial charge in [-0.25, -0.2) is 0 Å². The number of benzene rings is 2. The van der Waals surface area contributed by atoms with Gasteiger partial charge in [-0.3, -0.25) is 9.48 Å².